The fourth-order valence-corrected chi connectivity index (χ4v) is 3.79. The van der Waals surface area contributed by atoms with Gasteiger partial charge in [-0.15, -0.1) is 0 Å². The van der Waals surface area contributed by atoms with Gasteiger partial charge in [-0.1, -0.05) is 33.6 Å². The molecule has 2 amide bonds. The van der Waals surface area contributed by atoms with E-state index in [9.17, 15) is 14.7 Å². The fourth-order valence-electron chi connectivity index (χ4n) is 2.53. The Morgan fingerprint density at radius 3 is 2.43 bits per heavy atom. The Balaban J connectivity index is 2.37. The number of anilines is 1. The van der Waals surface area contributed by atoms with Gasteiger partial charge in [0.25, 0.3) is 5.91 Å². The van der Waals surface area contributed by atoms with Crippen molar-refractivity contribution in [1.29, 1.82) is 0 Å². The minimum Gasteiger partial charge on any atom is -0.506 e. The van der Waals surface area contributed by atoms with E-state index in [2.05, 4.69) is 37.2 Å². The highest BCUT2D eigenvalue weighted by atomic mass is 79.9. The molecule has 4 N–H and O–H groups in total. The number of benzene rings is 2. The smallest absolute Gasteiger partial charge is 0.412 e. The van der Waals surface area contributed by atoms with Crippen LogP contribution in [-0.4, -0.2) is 35.5 Å². The molecule has 0 fully saturated rings. The first-order chi connectivity index (χ1) is 14.2. The molecule has 0 radical (unpaired) electrons. The molecule has 0 spiro atoms. The van der Waals surface area contributed by atoms with Crippen molar-refractivity contribution in [2.24, 2.45) is 0 Å². The zero-order valence-electron chi connectivity index (χ0n) is 16.1. The van der Waals surface area contributed by atoms with Gasteiger partial charge in [0.15, 0.2) is 6.10 Å². The largest absolute Gasteiger partial charge is 0.506 e. The molecule has 30 heavy (non-hydrogen) atoms. The Kier molecular flexibility index (Phi) is 8.85. The highest BCUT2D eigenvalue weighted by Crippen LogP contribution is 2.39. The number of nitrogens with one attached hydrogen (secondary N) is 2. The predicted octanol–water partition coefficient (Wildman–Crippen LogP) is 4.59. The molecule has 0 aliphatic carbocycles. The van der Waals surface area contributed by atoms with Gasteiger partial charge in [0.05, 0.1) is 4.47 Å². The number of carbonyl (C=O) groups is 2. The summed E-state index contributed by atoms with van der Waals surface area (Å²) in [7, 11) is 1.35. The molecule has 0 saturated carbocycles. The average molecular weight is 544 g/mol. The molecule has 2 aromatic carbocycles. The van der Waals surface area contributed by atoms with Crippen LogP contribution in [0.4, 0.5) is 10.5 Å². The van der Waals surface area contributed by atoms with Gasteiger partial charge in [-0.05, 0) is 53.2 Å². The number of aromatic hydroxyl groups is 1. The van der Waals surface area contributed by atoms with Crippen molar-refractivity contribution >= 4 is 49.5 Å². The minimum absolute atomic E-state index is 0.159. The van der Waals surface area contributed by atoms with Gasteiger partial charge in [-0.3, -0.25) is 15.3 Å². The molecule has 2 atom stereocenters. The molecule has 0 aromatic heterocycles. The van der Waals surface area contributed by atoms with Crippen molar-refractivity contribution in [3.8, 4) is 5.75 Å². The Hall–Kier alpha value is -2.40. The maximum atomic E-state index is 12.5. The van der Waals surface area contributed by atoms with Crippen LogP contribution in [0.15, 0.2) is 57.5 Å². The number of hydrogen-bond acceptors (Lipinski definition) is 6. The first-order valence-corrected chi connectivity index (χ1v) is 10.2. The number of hydrogen-bond donors (Lipinski definition) is 4. The van der Waals surface area contributed by atoms with Gasteiger partial charge >= 0.3 is 6.09 Å². The number of amides is 2. The molecule has 10 heteroatoms. The Morgan fingerprint density at radius 2 is 1.83 bits per heavy atom. The van der Waals surface area contributed by atoms with Crippen molar-refractivity contribution in [2.75, 3.05) is 12.4 Å². The average Bonchev–Trinajstić information content (AvgIpc) is 2.71. The SMILES string of the molecule is CO[C@@H](/C=C/C(=O)NO)[C@@H](OC(=O)Nc1ccc(C)cc1)c1cc(Br)cc(Br)c1O. The van der Waals surface area contributed by atoms with Gasteiger partial charge in [0.2, 0.25) is 0 Å². The lowest BCUT2D eigenvalue weighted by atomic mass is 10.0. The van der Waals surface area contributed by atoms with Crippen molar-refractivity contribution < 1.29 is 29.4 Å². The second-order valence-electron chi connectivity index (χ2n) is 6.18. The number of hydroxylamine groups is 1. The topological polar surface area (TPSA) is 117 Å². The summed E-state index contributed by atoms with van der Waals surface area (Å²) < 4.78 is 11.9. The number of halogens is 2. The quantitative estimate of drug-likeness (QED) is 0.230. The molecule has 8 nitrogen and oxygen atoms in total. The van der Waals surface area contributed by atoms with Crippen LogP contribution in [0.3, 0.4) is 0 Å². The summed E-state index contributed by atoms with van der Waals surface area (Å²) in [6, 6.07) is 10.3. The molecule has 0 bridgehead atoms. The molecule has 160 valence electrons. The van der Waals surface area contributed by atoms with Gasteiger partial charge in [0.1, 0.15) is 11.9 Å². The molecule has 0 unspecified atom stereocenters. The van der Waals surface area contributed by atoms with Crippen LogP contribution < -0.4 is 10.8 Å². The van der Waals surface area contributed by atoms with Crippen molar-refractivity contribution in [1.82, 2.24) is 5.48 Å². The van der Waals surface area contributed by atoms with Crippen LogP contribution in [0.1, 0.15) is 17.2 Å². The van der Waals surface area contributed by atoms with Crippen LogP contribution >= 0.6 is 31.9 Å². The van der Waals surface area contributed by atoms with E-state index >= 15 is 0 Å². The Morgan fingerprint density at radius 1 is 1.17 bits per heavy atom. The van der Waals surface area contributed by atoms with E-state index in [1.807, 2.05) is 19.1 Å². The number of phenols is 1. The fraction of sp³-hybridized carbons (Fsp3) is 0.200. The highest BCUT2D eigenvalue weighted by Gasteiger charge is 2.29. The van der Waals surface area contributed by atoms with E-state index in [1.54, 1.807) is 24.3 Å². The van der Waals surface area contributed by atoms with Crippen molar-refractivity contribution in [3.05, 3.63) is 68.6 Å². The number of ether oxygens (including phenoxy) is 2. The standard InChI is InChI=1S/C20H20Br2N2O6/c1-11-3-5-13(6-4-11)23-20(27)30-19(16(29-2)7-8-17(25)24-28)14-9-12(21)10-15(22)18(14)26/h3-10,16,19,26,28H,1-2H3,(H,23,27)(H,24,25)/b8-7+/t16-,19-/m0/s1. The summed E-state index contributed by atoms with van der Waals surface area (Å²) in [4.78, 5) is 23.9. The lowest BCUT2D eigenvalue weighted by Crippen LogP contribution is -2.27. The second-order valence-corrected chi connectivity index (χ2v) is 7.95. The van der Waals surface area contributed by atoms with Crippen LogP contribution in [0.2, 0.25) is 0 Å². The molecule has 0 aliphatic rings. The summed E-state index contributed by atoms with van der Waals surface area (Å²) in [6.45, 7) is 1.92. The monoisotopic (exact) mass is 542 g/mol. The van der Waals surface area contributed by atoms with E-state index in [1.165, 1.54) is 18.7 Å². The zero-order chi connectivity index (χ0) is 22.3. The number of carbonyl (C=O) groups excluding carboxylic acids is 2. The summed E-state index contributed by atoms with van der Waals surface area (Å²) in [6.07, 6.45) is -0.563. The molecule has 0 heterocycles. The van der Waals surface area contributed by atoms with Crippen molar-refractivity contribution in [2.45, 2.75) is 19.1 Å². The maximum absolute atomic E-state index is 12.5. The summed E-state index contributed by atoms with van der Waals surface area (Å²) in [5.74, 6) is -0.951. The Labute approximate surface area is 190 Å². The third-order valence-electron chi connectivity index (χ3n) is 4.01. The lowest BCUT2D eigenvalue weighted by Gasteiger charge is -2.25. The molecular formula is C20H20Br2N2O6. The molecule has 2 rings (SSSR count). The van der Waals surface area contributed by atoms with Gasteiger partial charge in [0, 0.05) is 28.9 Å². The van der Waals surface area contributed by atoms with Crippen LogP contribution in [-0.2, 0) is 14.3 Å². The summed E-state index contributed by atoms with van der Waals surface area (Å²) >= 11 is 6.58. The van der Waals surface area contributed by atoms with Crippen LogP contribution in [0.5, 0.6) is 5.75 Å². The summed E-state index contributed by atoms with van der Waals surface area (Å²) in [5.41, 5.74) is 3.25. The van der Waals surface area contributed by atoms with Gasteiger partial charge < -0.3 is 14.6 Å². The number of rotatable bonds is 7. The first kappa shape index (κ1) is 23.9. The first-order valence-electron chi connectivity index (χ1n) is 8.62. The van der Waals surface area contributed by atoms with Gasteiger partial charge in [-0.25, -0.2) is 10.3 Å². The highest BCUT2D eigenvalue weighted by molar-refractivity contribution is 9.11. The van der Waals surface area contributed by atoms with E-state index in [0.717, 1.165) is 11.6 Å². The van der Waals surface area contributed by atoms with E-state index in [4.69, 9.17) is 14.7 Å². The van der Waals surface area contributed by atoms with Crippen molar-refractivity contribution in [3.63, 3.8) is 0 Å². The number of aryl methyl sites for hydroxylation is 1. The molecule has 0 saturated heterocycles. The van der Waals surface area contributed by atoms with E-state index < -0.39 is 24.2 Å². The third-order valence-corrected chi connectivity index (χ3v) is 5.08. The normalized spacial score (nSPS) is 13.0. The van der Waals surface area contributed by atoms with Crippen LogP contribution in [0.25, 0.3) is 0 Å². The lowest BCUT2D eigenvalue weighted by molar-refractivity contribution is -0.124. The molecule has 2 aromatic rings. The van der Waals surface area contributed by atoms with E-state index in [0.29, 0.717) is 14.6 Å². The second kappa shape index (κ2) is 11.1. The summed E-state index contributed by atoms with van der Waals surface area (Å²) in [5, 5.41) is 21.8. The number of methoxy groups -OCH3 is 1. The molecular weight excluding hydrogens is 524 g/mol. The minimum atomic E-state index is -1.13. The van der Waals surface area contributed by atoms with Gasteiger partial charge in [-0.2, -0.15) is 0 Å². The molecule has 0 aliphatic heterocycles. The zero-order valence-corrected chi connectivity index (χ0v) is 19.2. The Bertz CT molecular complexity index is 934. The third kappa shape index (κ3) is 6.56. The number of phenolic OH excluding ortho intramolecular Hbond substituents is 1. The van der Waals surface area contributed by atoms with E-state index in [-0.39, 0.29) is 11.3 Å². The van der Waals surface area contributed by atoms with Crippen LogP contribution in [0, 0.1) is 6.92 Å². The maximum Gasteiger partial charge on any atom is 0.412 e. The predicted molar refractivity (Wildman–Crippen MR) is 117 cm³/mol.